The standard InChI is InChI=1S/C23H21N5O5S2/c1-33-21(29)16-28-19-6-2-3-7-20(19)34-23(28)26-22(30)17-8-10-18(11-9-17)35(31,32)27(14-4-12-24)15-5-13-25/h2-3,6-11H,4-5,14-16H2,1H3. The summed E-state index contributed by atoms with van der Waals surface area (Å²) in [5.74, 6) is -1.10. The Balaban J connectivity index is 1.93. The van der Waals surface area contributed by atoms with Gasteiger partial charge in [0, 0.05) is 31.5 Å². The molecule has 2 aromatic carbocycles. The molecule has 0 radical (unpaired) electrons. The van der Waals surface area contributed by atoms with Crippen molar-refractivity contribution >= 4 is 43.5 Å². The number of carbonyl (C=O) groups excluding carboxylic acids is 2. The second-order valence-corrected chi connectivity index (χ2v) is 10.1. The highest BCUT2D eigenvalue weighted by Crippen LogP contribution is 2.19. The highest BCUT2D eigenvalue weighted by Gasteiger charge is 2.24. The van der Waals surface area contributed by atoms with Gasteiger partial charge in [-0.05, 0) is 36.4 Å². The monoisotopic (exact) mass is 511 g/mol. The Morgan fingerprint density at radius 1 is 1.06 bits per heavy atom. The van der Waals surface area contributed by atoms with Crippen LogP contribution in [0.5, 0.6) is 0 Å². The van der Waals surface area contributed by atoms with Crippen LogP contribution in [-0.4, -0.2) is 49.4 Å². The number of hydrogen-bond donors (Lipinski definition) is 0. The van der Waals surface area contributed by atoms with Gasteiger partial charge in [0.05, 0.1) is 34.4 Å². The first-order valence-corrected chi connectivity index (χ1v) is 12.7. The Kier molecular flexibility index (Phi) is 8.49. The van der Waals surface area contributed by atoms with Gasteiger partial charge in [0.1, 0.15) is 6.54 Å². The average Bonchev–Trinajstić information content (AvgIpc) is 3.20. The lowest BCUT2D eigenvalue weighted by Gasteiger charge is -2.20. The fraction of sp³-hybridized carbons (Fsp3) is 0.261. The summed E-state index contributed by atoms with van der Waals surface area (Å²) in [4.78, 5) is 29.1. The Hall–Kier alpha value is -3.84. The van der Waals surface area contributed by atoms with E-state index in [1.807, 2.05) is 36.4 Å². The van der Waals surface area contributed by atoms with E-state index in [0.717, 1.165) is 14.5 Å². The minimum Gasteiger partial charge on any atom is -0.468 e. The highest BCUT2D eigenvalue weighted by molar-refractivity contribution is 7.89. The zero-order valence-electron chi connectivity index (χ0n) is 18.7. The minimum absolute atomic E-state index is 0.0130. The van der Waals surface area contributed by atoms with Crippen LogP contribution in [0.1, 0.15) is 23.2 Å². The van der Waals surface area contributed by atoms with Crippen LogP contribution in [0.25, 0.3) is 10.2 Å². The number of esters is 1. The molecule has 180 valence electrons. The van der Waals surface area contributed by atoms with Gasteiger partial charge in [-0.3, -0.25) is 9.59 Å². The molecule has 1 heterocycles. The fourth-order valence-electron chi connectivity index (χ4n) is 3.22. The second kappa shape index (κ2) is 11.5. The number of hydrogen-bond acceptors (Lipinski definition) is 8. The molecule has 1 amide bonds. The first kappa shape index (κ1) is 25.8. The number of thiazole rings is 1. The lowest BCUT2D eigenvalue weighted by Crippen LogP contribution is -2.32. The van der Waals surface area contributed by atoms with Crippen molar-refractivity contribution in [2.75, 3.05) is 20.2 Å². The number of methoxy groups -OCH3 is 1. The second-order valence-electron chi connectivity index (χ2n) is 7.18. The van der Waals surface area contributed by atoms with E-state index in [2.05, 4.69) is 4.99 Å². The Morgan fingerprint density at radius 2 is 1.69 bits per heavy atom. The Morgan fingerprint density at radius 3 is 2.29 bits per heavy atom. The van der Waals surface area contributed by atoms with Gasteiger partial charge in [0.15, 0.2) is 4.80 Å². The van der Waals surface area contributed by atoms with Gasteiger partial charge in [-0.1, -0.05) is 23.5 Å². The zero-order chi connectivity index (χ0) is 25.4. The SMILES string of the molecule is COC(=O)Cn1c(=NC(=O)c2ccc(S(=O)(=O)N(CCC#N)CCC#N)cc2)sc2ccccc21. The molecule has 0 atom stereocenters. The molecule has 0 spiro atoms. The first-order valence-electron chi connectivity index (χ1n) is 10.4. The number of nitriles is 2. The predicted octanol–water partition coefficient (Wildman–Crippen LogP) is 2.43. The molecule has 3 rings (SSSR count). The molecule has 0 unspecified atom stereocenters. The van der Waals surface area contributed by atoms with Crippen molar-refractivity contribution in [3.8, 4) is 12.1 Å². The summed E-state index contributed by atoms with van der Waals surface area (Å²) in [7, 11) is -2.68. The van der Waals surface area contributed by atoms with Crippen molar-refractivity contribution in [2.45, 2.75) is 24.3 Å². The maximum Gasteiger partial charge on any atom is 0.325 e. The molecule has 0 saturated carbocycles. The van der Waals surface area contributed by atoms with E-state index >= 15 is 0 Å². The normalized spacial score (nSPS) is 11.8. The van der Waals surface area contributed by atoms with E-state index in [0.29, 0.717) is 4.80 Å². The molecule has 1 aromatic heterocycles. The summed E-state index contributed by atoms with van der Waals surface area (Å²) in [6.07, 6.45) is -0.0261. The van der Waals surface area contributed by atoms with Crippen LogP contribution in [0.2, 0.25) is 0 Å². The van der Waals surface area contributed by atoms with Gasteiger partial charge < -0.3 is 9.30 Å². The third kappa shape index (κ3) is 6.00. The number of para-hydroxylation sites is 1. The number of amides is 1. The maximum atomic E-state index is 12.9. The third-order valence-electron chi connectivity index (χ3n) is 4.99. The summed E-state index contributed by atoms with van der Waals surface area (Å²) >= 11 is 1.24. The number of ether oxygens (including phenoxy) is 1. The number of carbonyl (C=O) groups is 2. The summed E-state index contributed by atoms with van der Waals surface area (Å²) < 4.78 is 34.1. The van der Waals surface area contributed by atoms with Crippen molar-refractivity contribution in [3.05, 3.63) is 58.9 Å². The molecule has 0 N–H and O–H groups in total. The van der Waals surface area contributed by atoms with Crippen LogP contribution in [0, 0.1) is 22.7 Å². The first-order chi connectivity index (χ1) is 16.8. The fourth-order valence-corrected chi connectivity index (χ4v) is 5.69. The van der Waals surface area contributed by atoms with Crippen LogP contribution in [0.3, 0.4) is 0 Å². The molecular formula is C23H21N5O5S2. The molecule has 12 heteroatoms. The topological polar surface area (TPSA) is 146 Å². The summed E-state index contributed by atoms with van der Waals surface area (Å²) in [6, 6.07) is 16.4. The number of nitrogens with zero attached hydrogens (tertiary/aromatic N) is 5. The molecule has 0 saturated heterocycles. The molecule has 0 aliphatic heterocycles. The number of benzene rings is 2. The number of sulfonamides is 1. The summed E-state index contributed by atoms with van der Waals surface area (Å²) in [5, 5.41) is 17.6. The number of fused-ring (bicyclic) bond motifs is 1. The van der Waals surface area contributed by atoms with E-state index in [9.17, 15) is 18.0 Å². The zero-order valence-corrected chi connectivity index (χ0v) is 20.4. The molecule has 0 bridgehead atoms. The van der Waals surface area contributed by atoms with Gasteiger partial charge in [-0.25, -0.2) is 8.42 Å². The quantitative estimate of drug-likeness (QED) is 0.401. The lowest BCUT2D eigenvalue weighted by molar-refractivity contribution is -0.141. The van der Waals surface area contributed by atoms with Crippen molar-refractivity contribution in [1.82, 2.24) is 8.87 Å². The smallest absolute Gasteiger partial charge is 0.325 e. The van der Waals surface area contributed by atoms with E-state index in [4.69, 9.17) is 15.3 Å². The lowest BCUT2D eigenvalue weighted by atomic mass is 10.2. The van der Waals surface area contributed by atoms with Gasteiger partial charge in [-0.15, -0.1) is 0 Å². The molecular weight excluding hydrogens is 490 g/mol. The van der Waals surface area contributed by atoms with Gasteiger partial charge in [0.2, 0.25) is 10.0 Å². The van der Waals surface area contributed by atoms with Crippen molar-refractivity contribution in [2.24, 2.45) is 4.99 Å². The van der Waals surface area contributed by atoms with E-state index < -0.39 is 21.9 Å². The molecule has 0 fully saturated rings. The predicted molar refractivity (Wildman–Crippen MR) is 127 cm³/mol. The summed E-state index contributed by atoms with van der Waals surface area (Å²) in [6.45, 7) is -0.198. The minimum atomic E-state index is -3.95. The molecule has 3 aromatic rings. The van der Waals surface area contributed by atoms with E-state index in [1.165, 1.54) is 42.7 Å². The maximum absolute atomic E-state index is 12.9. The third-order valence-corrected chi connectivity index (χ3v) is 7.96. The van der Waals surface area contributed by atoms with Gasteiger partial charge >= 0.3 is 5.97 Å². The van der Waals surface area contributed by atoms with Crippen molar-refractivity contribution < 1.29 is 22.7 Å². The van der Waals surface area contributed by atoms with Crippen LogP contribution in [0.15, 0.2) is 58.4 Å². The molecule has 35 heavy (non-hydrogen) atoms. The largest absolute Gasteiger partial charge is 0.468 e. The van der Waals surface area contributed by atoms with Gasteiger partial charge in [0.25, 0.3) is 5.91 Å². The van der Waals surface area contributed by atoms with E-state index in [1.54, 1.807) is 4.57 Å². The molecule has 0 aliphatic rings. The van der Waals surface area contributed by atoms with Crippen molar-refractivity contribution in [1.29, 1.82) is 10.5 Å². The molecule has 10 nitrogen and oxygen atoms in total. The Bertz CT molecular complexity index is 1470. The average molecular weight is 512 g/mol. The Labute approximate surface area is 206 Å². The summed E-state index contributed by atoms with van der Waals surface area (Å²) in [5.41, 5.74) is 0.886. The van der Waals surface area contributed by atoms with E-state index in [-0.39, 0.29) is 42.9 Å². The molecule has 0 aliphatic carbocycles. The van der Waals surface area contributed by atoms with Crippen LogP contribution >= 0.6 is 11.3 Å². The van der Waals surface area contributed by atoms with Crippen LogP contribution < -0.4 is 4.80 Å². The number of rotatable bonds is 9. The van der Waals surface area contributed by atoms with Crippen LogP contribution in [-0.2, 0) is 26.1 Å². The number of aromatic nitrogens is 1. The van der Waals surface area contributed by atoms with Gasteiger partial charge in [-0.2, -0.15) is 19.8 Å². The van der Waals surface area contributed by atoms with Crippen LogP contribution in [0.4, 0.5) is 0 Å². The highest BCUT2D eigenvalue weighted by atomic mass is 32.2. The van der Waals surface area contributed by atoms with Crippen molar-refractivity contribution in [3.63, 3.8) is 0 Å².